The minimum Gasteiger partial charge on any atom is -0.444 e. The number of hydrogen-bond acceptors (Lipinski definition) is 7. The van der Waals surface area contributed by atoms with Crippen LogP contribution < -0.4 is 5.32 Å². The minimum absolute atomic E-state index is 0.0267. The number of rotatable bonds is 8. The molecule has 2 bridgehead atoms. The van der Waals surface area contributed by atoms with Gasteiger partial charge in [-0.1, -0.05) is 30.3 Å². The second kappa shape index (κ2) is 9.78. The summed E-state index contributed by atoms with van der Waals surface area (Å²) < 4.78 is 11.1. The number of fused-ring (bicyclic) bond motifs is 2. The fourth-order valence-corrected chi connectivity index (χ4v) is 4.02. The lowest BCUT2D eigenvalue weighted by atomic mass is 10.0. The zero-order chi connectivity index (χ0) is 23.4. The molecule has 2 aromatic rings. The van der Waals surface area contributed by atoms with E-state index in [1.807, 2.05) is 51.1 Å². The smallest absolute Gasteiger partial charge is 0.407 e. The Morgan fingerprint density at radius 2 is 2.00 bits per heavy atom. The molecule has 2 aliphatic heterocycles. The third-order valence-corrected chi connectivity index (χ3v) is 5.54. The first-order valence-corrected chi connectivity index (χ1v) is 11.4. The van der Waals surface area contributed by atoms with Crippen molar-refractivity contribution in [3.63, 3.8) is 0 Å². The Labute approximate surface area is 193 Å². The van der Waals surface area contributed by atoms with Gasteiger partial charge in [0.05, 0.1) is 6.04 Å². The molecule has 10 nitrogen and oxygen atoms in total. The number of ether oxygens (including phenoxy) is 1. The third kappa shape index (κ3) is 5.81. The maximum absolute atomic E-state index is 13.0. The number of benzene rings is 1. The van der Waals surface area contributed by atoms with Crippen LogP contribution in [0.15, 0.2) is 34.7 Å². The summed E-state index contributed by atoms with van der Waals surface area (Å²) in [6.07, 6.45) is 2.26. The molecule has 0 saturated carbocycles. The molecular formula is C23H31N5O5. The van der Waals surface area contributed by atoms with E-state index >= 15 is 0 Å². The first-order chi connectivity index (χ1) is 15.8. The number of nitrogens with zero attached hydrogens (tertiary/aromatic N) is 4. The normalized spacial score (nSPS) is 20.3. The van der Waals surface area contributed by atoms with Crippen LogP contribution in [0.2, 0.25) is 0 Å². The van der Waals surface area contributed by atoms with Crippen LogP contribution in [0.3, 0.4) is 0 Å². The number of aryl methyl sites for hydroxylation is 1. The molecule has 2 saturated heterocycles. The van der Waals surface area contributed by atoms with Crippen molar-refractivity contribution in [2.75, 3.05) is 13.1 Å². The van der Waals surface area contributed by atoms with Crippen molar-refractivity contribution in [2.24, 2.45) is 0 Å². The van der Waals surface area contributed by atoms with Gasteiger partial charge in [-0.05, 0) is 45.6 Å². The number of aromatic nitrogens is 2. The maximum atomic E-state index is 13.0. The Morgan fingerprint density at radius 3 is 2.76 bits per heavy atom. The molecule has 2 fully saturated rings. The second-order valence-electron chi connectivity index (χ2n) is 9.33. The summed E-state index contributed by atoms with van der Waals surface area (Å²) in [6, 6.07) is 9.40. The van der Waals surface area contributed by atoms with E-state index in [1.54, 1.807) is 4.90 Å². The molecular weight excluding hydrogens is 426 g/mol. The van der Waals surface area contributed by atoms with Gasteiger partial charge in [0.1, 0.15) is 18.2 Å². The molecule has 2 aliphatic rings. The molecule has 3 amide bonds. The fourth-order valence-electron chi connectivity index (χ4n) is 4.02. The summed E-state index contributed by atoms with van der Waals surface area (Å²) in [7, 11) is 0. The molecule has 0 radical (unpaired) electrons. The molecule has 3 heterocycles. The Balaban J connectivity index is 1.27. The number of carbonyl (C=O) groups excluding carboxylic acids is 2. The van der Waals surface area contributed by atoms with Crippen molar-refractivity contribution in [3.05, 3.63) is 47.7 Å². The first-order valence-electron chi connectivity index (χ1n) is 11.4. The van der Waals surface area contributed by atoms with Gasteiger partial charge in [-0.3, -0.25) is 4.84 Å². The van der Waals surface area contributed by atoms with E-state index in [1.165, 1.54) is 5.06 Å². The number of nitrogens with one attached hydrogen (secondary N) is 1. The van der Waals surface area contributed by atoms with E-state index in [0.29, 0.717) is 44.3 Å². The fraction of sp³-hybridized carbons (Fsp3) is 0.565. The lowest BCUT2D eigenvalue weighted by molar-refractivity contribution is -0.140. The Kier molecular flexibility index (Phi) is 6.83. The van der Waals surface area contributed by atoms with Gasteiger partial charge in [-0.25, -0.2) is 9.59 Å². The van der Waals surface area contributed by atoms with Crippen molar-refractivity contribution >= 4 is 12.1 Å². The van der Waals surface area contributed by atoms with Crippen molar-refractivity contribution in [3.8, 4) is 0 Å². The maximum Gasteiger partial charge on any atom is 0.407 e. The molecule has 1 unspecified atom stereocenters. The molecule has 1 N–H and O–H groups in total. The molecule has 1 aromatic carbocycles. The zero-order valence-corrected chi connectivity index (χ0v) is 19.3. The van der Waals surface area contributed by atoms with Crippen LogP contribution in [0.1, 0.15) is 63.4 Å². The van der Waals surface area contributed by atoms with Gasteiger partial charge in [-0.15, -0.1) is 10.2 Å². The van der Waals surface area contributed by atoms with Gasteiger partial charge in [0.25, 0.3) is 0 Å². The monoisotopic (exact) mass is 457 g/mol. The largest absolute Gasteiger partial charge is 0.444 e. The van der Waals surface area contributed by atoms with Gasteiger partial charge >= 0.3 is 12.1 Å². The molecule has 178 valence electrons. The van der Waals surface area contributed by atoms with E-state index in [2.05, 4.69) is 15.5 Å². The van der Waals surface area contributed by atoms with Crippen LogP contribution >= 0.6 is 0 Å². The zero-order valence-electron chi connectivity index (χ0n) is 19.3. The second-order valence-corrected chi connectivity index (χ2v) is 9.33. The SMILES string of the molecule is CC(C)(C)OC(=O)NCCCc1nnc([C@@H]2CCC3CN2C(=O)N3OCc2ccccc2)o1. The van der Waals surface area contributed by atoms with E-state index in [-0.39, 0.29) is 18.1 Å². The lowest BCUT2D eigenvalue weighted by Crippen LogP contribution is -2.34. The number of alkyl carbamates (subject to hydrolysis) is 1. The van der Waals surface area contributed by atoms with E-state index < -0.39 is 11.7 Å². The number of hydrogen-bond donors (Lipinski definition) is 1. The number of urea groups is 1. The highest BCUT2D eigenvalue weighted by atomic mass is 16.7. The quantitative estimate of drug-likeness (QED) is 0.603. The molecule has 10 heteroatoms. The standard InChI is InChI=1S/C23H31N5O5/c1-23(2,3)33-21(29)24-13-7-10-19-25-26-20(32-19)18-12-11-17-14-27(18)22(30)28(17)31-15-16-8-5-4-6-9-16/h4-6,8-9,17-18H,7,10-15H2,1-3H3,(H,24,29)/t17?,18-/m0/s1. The van der Waals surface area contributed by atoms with Crippen molar-refractivity contribution < 1.29 is 23.6 Å². The topological polar surface area (TPSA) is 110 Å². The van der Waals surface area contributed by atoms with Crippen LogP contribution in [0, 0.1) is 0 Å². The third-order valence-electron chi connectivity index (χ3n) is 5.54. The summed E-state index contributed by atoms with van der Waals surface area (Å²) in [5, 5.41) is 12.5. The average Bonchev–Trinajstić information content (AvgIpc) is 3.33. The predicted octanol–water partition coefficient (Wildman–Crippen LogP) is 3.60. The molecule has 0 aliphatic carbocycles. The van der Waals surface area contributed by atoms with E-state index in [4.69, 9.17) is 14.0 Å². The highest BCUT2D eigenvalue weighted by Gasteiger charge is 2.47. The van der Waals surface area contributed by atoms with Gasteiger partial charge in [0.15, 0.2) is 0 Å². The number of piperidine rings is 1. The summed E-state index contributed by atoms with van der Waals surface area (Å²) in [6.45, 7) is 6.83. The molecule has 33 heavy (non-hydrogen) atoms. The summed E-state index contributed by atoms with van der Waals surface area (Å²) in [4.78, 5) is 32.3. The molecule has 0 spiro atoms. The first kappa shape index (κ1) is 23.0. The highest BCUT2D eigenvalue weighted by molar-refractivity contribution is 5.77. The predicted molar refractivity (Wildman–Crippen MR) is 118 cm³/mol. The van der Waals surface area contributed by atoms with Crippen molar-refractivity contribution in [1.29, 1.82) is 0 Å². The Hall–Kier alpha value is -3.14. The van der Waals surface area contributed by atoms with Crippen LogP contribution in [-0.2, 0) is 22.6 Å². The van der Waals surface area contributed by atoms with Gasteiger partial charge < -0.3 is 19.4 Å². The number of carbonyl (C=O) groups is 2. The Bertz CT molecular complexity index is 958. The van der Waals surface area contributed by atoms with Gasteiger partial charge in [-0.2, -0.15) is 5.06 Å². The van der Waals surface area contributed by atoms with Crippen LogP contribution in [0.5, 0.6) is 0 Å². The number of amides is 3. The summed E-state index contributed by atoms with van der Waals surface area (Å²) >= 11 is 0. The number of hydroxylamine groups is 2. The van der Waals surface area contributed by atoms with Gasteiger partial charge in [0, 0.05) is 19.5 Å². The van der Waals surface area contributed by atoms with Crippen molar-refractivity contribution in [2.45, 2.75) is 70.7 Å². The molecule has 1 aromatic heterocycles. The van der Waals surface area contributed by atoms with Crippen LogP contribution in [-0.4, -0.2) is 57.0 Å². The summed E-state index contributed by atoms with van der Waals surface area (Å²) in [5.74, 6) is 0.934. The van der Waals surface area contributed by atoms with Crippen molar-refractivity contribution in [1.82, 2.24) is 25.5 Å². The average molecular weight is 458 g/mol. The van der Waals surface area contributed by atoms with Crippen LogP contribution in [0.25, 0.3) is 0 Å². The van der Waals surface area contributed by atoms with Gasteiger partial charge in [0.2, 0.25) is 11.8 Å². The summed E-state index contributed by atoms with van der Waals surface area (Å²) in [5.41, 5.74) is 0.487. The minimum atomic E-state index is -0.528. The highest BCUT2D eigenvalue weighted by Crippen LogP contribution is 2.38. The van der Waals surface area contributed by atoms with Crippen LogP contribution in [0.4, 0.5) is 9.59 Å². The molecule has 4 rings (SSSR count). The van der Waals surface area contributed by atoms with E-state index in [0.717, 1.165) is 18.4 Å². The Morgan fingerprint density at radius 1 is 1.21 bits per heavy atom. The molecule has 2 atom stereocenters. The lowest BCUT2D eigenvalue weighted by Gasteiger charge is -2.27. The van der Waals surface area contributed by atoms with E-state index in [9.17, 15) is 9.59 Å².